The highest BCUT2D eigenvalue weighted by Crippen LogP contribution is 2.30. The number of aromatic nitrogens is 1. The number of rotatable bonds is 6. The van der Waals surface area contributed by atoms with E-state index in [0.717, 1.165) is 16.7 Å². The number of aryl methyl sites for hydroxylation is 1. The van der Waals surface area contributed by atoms with Crippen molar-refractivity contribution >= 4 is 11.8 Å². The molecule has 0 saturated carbocycles. The van der Waals surface area contributed by atoms with Gasteiger partial charge in [0, 0.05) is 12.0 Å². The maximum absolute atomic E-state index is 12.4. The van der Waals surface area contributed by atoms with Crippen LogP contribution in [0.15, 0.2) is 24.3 Å². The van der Waals surface area contributed by atoms with Crippen LogP contribution >= 0.6 is 0 Å². The summed E-state index contributed by atoms with van der Waals surface area (Å²) in [5.41, 5.74) is 2.99. The molecule has 1 aromatic heterocycles. The Morgan fingerprint density at radius 2 is 2.00 bits per heavy atom. The molecule has 0 saturated heterocycles. The lowest BCUT2D eigenvalue weighted by atomic mass is 9.98. The maximum Gasteiger partial charge on any atom is 0.306 e. The third kappa shape index (κ3) is 4.06. The molecule has 0 aliphatic carbocycles. The Kier molecular flexibility index (Phi) is 6.07. The molecule has 0 bridgehead atoms. The van der Waals surface area contributed by atoms with Crippen molar-refractivity contribution in [3.8, 4) is 23.1 Å². The van der Waals surface area contributed by atoms with Gasteiger partial charge in [0.15, 0.2) is 11.5 Å². The van der Waals surface area contributed by atoms with Gasteiger partial charge in [0.2, 0.25) is 0 Å². The number of ketones is 1. The van der Waals surface area contributed by atoms with Gasteiger partial charge in [-0.1, -0.05) is 18.2 Å². The molecule has 6 nitrogen and oxygen atoms in total. The summed E-state index contributed by atoms with van der Waals surface area (Å²) >= 11 is 0. The van der Waals surface area contributed by atoms with E-state index in [2.05, 4.69) is 4.98 Å². The quantitative estimate of drug-likeness (QED) is 0.631. The first-order valence-electron chi connectivity index (χ1n) is 8.28. The summed E-state index contributed by atoms with van der Waals surface area (Å²) in [5.74, 6) is -1.47. The molecule has 0 amide bonds. The number of carbonyl (C=O) groups excluding carboxylic acids is 2. The van der Waals surface area contributed by atoms with Crippen LogP contribution in [0, 0.1) is 25.2 Å². The maximum atomic E-state index is 12.4. The van der Waals surface area contributed by atoms with Crippen molar-refractivity contribution < 1.29 is 19.4 Å². The van der Waals surface area contributed by atoms with Crippen molar-refractivity contribution in [2.24, 2.45) is 0 Å². The summed E-state index contributed by atoms with van der Waals surface area (Å²) in [5, 5.41) is 19.5. The van der Waals surface area contributed by atoms with Crippen LogP contribution in [0.5, 0.6) is 5.75 Å². The average Bonchev–Trinajstić information content (AvgIpc) is 2.62. The number of aromatic hydroxyl groups is 1. The van der Waals surface area contributed by atoms with Gasteiger partial charge in [-0.15, -0.1) is 0 Å². The predicted molar refractivity (Wildman–Crippen MR) is 95.7 cm³/mol. The zero-order valence-corrected chi connectivity index (χ0v) is 15.0. The van der Waals surface area contributed by atoms with E-state index in [9.17, 15) is 20.0 Å². The van der Waals surface area contributed by atoms with Crippen molar-refractivity contribution in [1.29, 1.82) is 5.26 Å². The van der Waals surface area contributed by atoms with Crippen LogP contribution in [0.1, 0.15) is 46.9 Å². The monoisotopic (exact) mass is 352 g/mol. The van der Waals surface area contributed by atoms with Crippen LogP contribution in [-0.4, -0.2) is 28.4 Å². The predicted octanol–water partition coefficient (Wildman–Crippen LogP) is 3.47. The van der Waals surface area contributed by atoms with Gasteiger partial charge in [0.1, 0.15) is 11.8 Å². The van der Waals surface area contributed by atoms with Gasteiger partial charge in [-0.3, -0.25) is 9.59 Å². The number of benzene rings is 1. The highest BCUT2D eigenvalue weighted by Gasteiger charge is 2.20. The first-order chi connectivity index (χ1) is 12.4. The molecule has 2 aromatic rings. The molecule has 1 heterocycles. The Morgan fingerprint density at radius 3 is 2.65 bits per heavy atom. The molecule has 2 rings (SSSR count). The van der Waals surface area contributed by atoms with Gasteiger partial charge in [0.25, 0.3) is 0 Å². The van der Waals surface area contributed by atoms with E-state index in [1.54, 1.807) is 6.92 Å². The molecule has 134 valence electrons. The number of nitriles is 1. The zero-order chi connectivity index (χ0) is 19.3. The van der Waals surface area contributed by atoms with E-state index in [0.29, 0.717) is 5.69 Å². The molecule has 0 unspecified atom stereocenters. The second-order valence-electron chi connectivity index (χ2n) is 5.84. The average molecular weight is 352 g/mol. The van der Waals surface area contributed by atoms with E-state index < -0.39 is 17.5 Å². The number of Topliss-reactive ketones (excluding diaryl/α,β-unsaturated/α-hetero) is 1. The lowest BCUT2D eigenvalue weighted by molar-refractivity contribution is -0.143. The normalized spacial score (nSPS) is 10.2. The Hall–Kier alpha value is -3.20. The first-order valence-corrected chi connectivity index (χ1v) is 8.28. The molecule has 6 heteroatoms. The summed E-state index contributed by atoms with van der Waals surface area (Å²) in [7, 11) is 0. The largest absolute Gasteiger partial charge is 0.504 e. The minimum Gasteiger partial charge on any atom is -0.504 e. The number of hydrogen-bond acceptors (Lipinski definition) is 6. The van der Waals surface area contributed by atoms with E-state index in [1.807, 2.05) is 38.1 Å². The Labute approximate surface area is 152 Å². The molecule has 26 heavy (non-hydrogen) atoms. The highest BCUT2D eigenvalue weighted by molar-refractivity contribution is 5.99. The molecule has 0 aliphatic heterocycles. The number of nitrogens with zero attached hydrogens (tertiary/aromatic N) is 2. The van der Waals surface area contributed by atoms with Crippen LogP contribution in [0.25, 0.3) is 11.3 Å². The Morgan fingerprint density at radius 1 is 1.27 bits per heavy atom. The fourth-order valence-electron chi connectivity index (χ4n) is 2.55. The van der Waals surface area contributed by atoms with Crippen molar-refractivity contribution in [3.05, 3.63) is 46.6 Å². The van der Waals surface area contributed by atoms with Gasteiger partial charge in [-0.05, 0) is 38.0 Å². The van der Waals surface area contributed by atoms with E-state index in [4.69, 9.17) is 4.74 Å². The van der Waals surface area contributed by atoms with Gasteiger partial charge in [-0.25, -0.2) is 4.98 Å². The summed E-state index contributed by atoms with van der Waals surface area (Å²) in [6.07, 6.45) is -0.260. The fourth-order valence-corrected chi connectivity index (χ4v) is 2.55. The van der Waals surface area contributed by atoms with Crippen LogP contribution in [0.3, 0.4) is 0 Å². The van der Waals surface area contributed by atoms with Crippen LogP contribution < -0.4 is 0 Å². The summed E-state index contributed by atoms with van der Waals surface area (Å²) in [6, 6.07) is 9.00. The van der Waals surface area contributed by atoms with Gasteiger partial charge < -0.3 is 9.84 Å². The topological polar surface area (TPSA) is 100 Å². The van der Waals surface area contributed by atoms with Gasteiger partial charge >= 0.3 is 5.97 Å². The highest BCUT2D eigenvalue weighted by atomic mass is 16.5. The third-order valence-corrected chi connectivity index (χ3v) is 4.12. The standard InChI is InChI=1S/C20H20N2O4/c1-4-26-18(24)9-8-17(23)19-20(25)14(11-21)10-16(22-19)15-7-5-6-12(2)13(15)3/h5-7,10,25H,4,8-9H2,1-3H3. The van der Waals surface area contributed by atoms with Gasteiger partial charge in [0.05, 0.1) is 24.3 Å². The SMILES string of the molecule is CCOC(=O)CCC(=O)c1nc(-c2cccc(C)c2C)cc(C#N)c1O. The smallest absolute Gasteiger partial charge is 0.306 e. The molecular weight excluding hydrogens is 332 g/mol. The lowest BCUT2D eigenvalue weighted by Crippen LogP contribution is -2.10. The summed E-state index contributed by atoms with van der Waals surface area (Å²) < 4.78 is 4.80. The second-order valence-corrected chi connectivity index (χ2v) is 5.84. The molecule has 1 N–H and O–H groups in total. The van der Waals surface area contributed by atoms with E-state index in [1.165, 1.54) is 6.07 Å². The minimum absolute atomic E-state index is 0.0320. The van der Waals surface area contributed by atoms with Crippen molar-refractivity contribution in [2.45, 2.75) is 33.6 Å². The minimum atomic E-state index is -0.515. The summed E-state index contributed by atoms with van der Waals surface area (Å²) in [6.45, 7) is 5.79. The Balaban J connectivity index is 2.44. The zero-order valence-electron chi connectivity index (χ0n) is 15.0. The Bertz CT molecular complexity index is 897. The molecule has 0 fully saturated rings. The van der Waals surface area contributed by atoms with Crippen molar-refractivity contribution in [2.75, 3.05) is 6.61 Å². The summed E-state index contributed by atoms with van der Waals surface area (Å²) in [4.78, 5) is 28.2. The number of carbonyl (C=O) groups is 2. The van der Waals surface area contributed by atoms with Crippen molar-refractivity contribution in [1.82, 2.24) is 4.98 Å². The van der Waals surface area contributed by atoms with Crippen LogP contribution in [0.2, 0.25) is 0 Å². The van der Waals surface area contributed by atoms with Gasteiger partial charge in [-0.2, -0.15) is 5.26 Å². The molecule has 0 radical (unpaired) electrons. The lowest BCUT2D eigenvalue weighted by Gasteiger charge is -2.11. The number of pyridine rings is 1. The molecule has 0 aliphatic rings. The fraction of sp³-hybridized carbons (Fsp3) is 0.300. The first kappa shape index (κ1) is 19.1. The van der Waals surface area contributed by atoms with E-state index in [-0.39, 0.29) is 30.7 Å². The molecule has 0 spiro atoms. The number of ether oxygens (including phenoxy) is 1. The molecule has 0 atom stereocenters. The van der Waals surface area contributed by atoms with Crippen molar-refractivity contribution in [3.63, 3.8) is 0 Å². The number of esters is 1. The van der Waals surface area contributed by atoms with Crippen LogP contribution in [0.4, 0.5) is 0 Å². The van der Waals surface area contributed by atoms with E-state index >= 15 is 0 Å². The second kappa shape index (κ2) is 8.26. The number of hydrogen-bond donors (Lipinski definition) is 1. The third-order valence-electron chi connectivity index (χ3n) is 4.12. The molecular formula is C20H20N2O4. The van der Waals surface area contributed by atoms with Crippen LogP contribution in [-0.2, 0) is 9.53 Å². The molecule has 1 aromatic carbocycles.